The molecule has 0 aromatic rings. The monoisotopic (exact) mass is 263 g/mol. The Hall–Kier alpha value is -1.29. The molecule has 0 saturated carbocycles. The first-order chi connectivity index (χ1) is 8.38. The van der Waals surface area contributed by atoms with Crippen LogP contribution in [0, 0.1) is 23.2 Å². The number of carbonyl (C=O) groups excluding carboxylic acids is 1. The van der Waals surface area contributed by atoms with E-state index < -0.39 is 12.1 Å². The van der Waals surface area contributed by atoms with Crippen molar-refractivity contribution in [3.05, 3.63) is 0 Å². The van der Waals surface area contributed by atoms with Gasteiger partial charge in [-0.2, -0.15) is 18.4 Å². The van der Waals surface area contributed by atoms with Gasteiger partial charge in [-0.15, -0.1) is 0 Å². The Morgan fingerprint density at radius 2 is 2.06 bits per heavy atom. The molecule has 1 amide bonds. The number of halogens is 3. The molecule has 0 radical (unpaired) electrons. The van der Waals surface area contributed by atoms with Gasteiger partial charge in [0.05, 0.1) is 6.07 Å². The van der Waals surface area contributed by atoms with Gasteiger partial charge in [0.25, 0.3) is 0 Å². The zero-order valence-electron chi connectivity index (χ0n) is 10.1. The van der Waals surface area contributed by atoms with Gasteiger partial charge in [-0.1, -0.05) is 0 Å². The van der Waals surface area contributed by atoms with E-state index in [1.165, 1.54) is 6.07 Å². The predicted octanol–water partition coefficient (Wildman–Crippen LogP) is 1.15. The number of nitrogens with zero attached hydrogens (tertiary/aromatic N) is 2. The van der Waals surface area contributed by atoms with Crippen molar-refractivity contribution < 1.29 is 18.0 Å². The molecular formula is C11H16F3N3O. The van der Waals surface area contributed by atoms with Crippen molar-refractivity contribution in [2.45, 2.75) is 19.0 Å². The van der Waals surface area contributed by atoms with Crippen LogP contribution < -0.4 is 5.32 Å². The van der Waals surface area contributed by atoms with Crippen LogP contribution in [-0.2, 0) is 4.79 Å². The fourth-order valence-electron chi connectivity index (χ4n) is 2.06. The van der Waals surface area contributed by atoms with Gasteiger partial charge in [0.15, 0.2) is 5.92 Å². The Kier molecular flexibility index (Phi) is 4.96. The summed E-state index contributed by atoms with van der Waals surface area (Å²) in [6.07, 6.45) is -3.41. The molecule has 1 aliphatic heterocycles. The minimum atomic E-state index is -4.48. The molecule has 0 spiro atoms. The Labute approximate surface area is 104 Å². The van der Waals surface area contributed by atoms with Crippen molar-refractivity contribution in [1.82, 2.24) is 10.2 Å². The normalized spacial score (nSPS) is 20.2. The molecule has 1 aliphatic rings. The van der Waals surface area contributed by atoms with E-state index in [0.29, 0.717) is 25.9 Å². The smallest absolute Gasteiger partial charge is 0.359 e. The minimum Gasteiger partial charge on any atom is -0.359 e. The molecular weight excluding hydrogens is 247 g/mol. The Bertz CT molecular complexity index is 329. The first-order valence-corrected chi connectivity index (χ1v) is 5.78. The summed E-state index contributed by atoms with van der Waals surface area (Å²) in [7, 11) is 1.55. The highest BCUT2D eigenvalue weighted by Crippen LogP contribution is 2.27. The number of nitrogens with one attached hydrogen (secondary N) is 1. The van der Waals surface area contributed by atoms with Crippen LogP contribution >= 0.6 is 0 Å². The van der Waals surface area contributed by atoms with E-state index in [2.05, 4.69) is 5.32 Å². The average Bonchev–Trinajstić information content (AvgIpc) is 2.34. The second kappa shape index (κ2) is 6.05. The van der Waals surface area contributed by atoms with Gasteiger partial charge in [0, 0.05) is 19.5 Å². The molecule has 0 aromatic heterocycles. The Balaban J connectivity index is 2.45. The first kappa shape index (κ1) is 14.8. The zero-order chi connectivity index (χ0) is 13.8. The average molecular weight is 263 g/mol. The number of alkyl halides is 3. The number of hydrogen-bond donors (Lipinski definition) is 1. The summed E-state index contributed by atoms with van der Waals surface area (Å²) in [5, 5.41) is 11.0. The van der Waals surface area contributed by atoms with Gasteiger partial charge < -0.3 is 10.2 Å². The van der Waals surface area contributed by atoms with Crippen molar-refractivity contribution in [2.24, 2.45) is 11.8 Å². The van der Waals surface area contributed by atoms with Crippen molar-refractivity contribution in [3.8, 4) is 6.07 Å². The molecule has 1 saturated heterocycles. The van der Waals surface area contributed by atoms with Gasteiger partial charge in [-0.25, -0.2) is 0 Å². The van der Waals surface area contributed by atoms with Gasteiger partial charge in [-0.05, 0) is 25.9 Å². The van der Waals surface area contributed by atoms with Gasteiger partial charge >= 0.3 is 6.18 Å². The molecule has 102 valence electrons. The van der Waals surface area contributed by atoms with E-state index in [4.69, 9.17) is 5.26 Å². The van der Waals surface area contributed by atoms with Crippen LogP contribution in [0.15, 0.2) is 0 Å². The SMILES string of the molecule is CNC(=O)C1CCN(CC(C#N)C(F)(F)F)CC1. The third kappa shape index (κ3) is 3.88. The van der Waals surface area contributed by atoms with E-state index >= 15 is 0 Å². The molecule has 18 heavy (non-hydrogen) atoms. The second-order valence-electron chi connectivity index (χ2n) is 4.41. The number of amides is 1. The number of nitriles is 1. The topological polar surface area (TPSA) is 56.1 Å². The van der Waals surface area contributed by atoms with Crippen molar-refractivity contribution in [1.29, 1.82) is 5.26 Å². The largest absolute Gasteiger partial charge is 0.405 e. The van der Waals surface area contributed by atoms with Gasteiger partial charge in [0.1, 0.15) is 0 Å². The molecule has 1 fully saturated rings. The number of likely N-dealkylation sites (tertiary alicyclic amines) is 1. The van der Waals surface area contributed by atoms with Crippen LogP contribution in [0.4, 0.5) is 13.2 Å². The van der Waals surface area contributed by atoms with E-state index in [1.807, 2.05) is 0 Å². The maximum atomic E-state index is 12.4. The molecule has 1 atom stereocenters. The maximum Gasteiger partial charge on any atom is 0.405 e. The molecule has 7 heteroatoms. The lowest BCUT2D eigenvalue weighted by Gasteiger charge is -2.32. The Morgan fingerprint density at radius 3 is 2.44 bits per heavy atom. The second-order valence-corrected chi connectivity index (χ2v) is 4.41. The molecule has 4 nitrogen and oxygen atoms in total. The highest BCUT2D eigenvalue weighted by Gasteiger charge is 2.41. The maximum absolute atomic E-state index is 12.4. The van der Waals surface area contributed by atoms with E-state index in [-0.39, 0.29) is 18.4 Å². The van der Waals surface area contributed by atoms with Crippen molar-refractivity contribution in [2.75, 3.05) is 26.7 Å². The summed E-state index contributed by atoms with van der Waals surface area (Å²) in [6.45, 7) is 0.541. The molecule has 0 aromatic carbocycles. The molecule has 0 bridgehead atoms. The molecule has 1 heterocycles. The van der Waals surface area contributed by atoms with Crippen LogP contribution in [0.2, 0.25) is 0 Å². The fraction of sp³-hybridized carbons (Fsp3) is 0.818. The zero-order valence-corrected chi connectivity index (χ0v) is 10.1. The lowest BCUT2D eigenvalue weighted by Crippen LogP contribution is -2.43. The molecule has 1 unspecified atom stereocenters. The minimum absolute atomic E-state index is 0.0673. The summed E-state index contributed by atoms with van der Waals surface area (Å²) < 4.78 is 37.3. The summed E-state index contributed by atoms with van der Waals surface area (Å²) >= 11 is 0. The van der Waals surface area contributed by atoms with E-state index in [1.54, 1.807) is 11.9 Å². The van der Waals surface area contributed by atoms with Gasteiger partial charge in [-0.3, -0.25) is 4.79 Å². The lowest BCUT2D eigenvalue weighted by molar-refractivity contribution is -0.164. The van der Waals surface area contributed by atoms with Crippen LogP contribution in [0.3, 0.4) is 0 Å². The summed E-state index contributed by atoms with van der Waals surface area (Å²) in [5.74, 6) is -2.14. The number of piperidine rings is 1. The van der Waals surface area contributed by atoms with Crippen molar-refractivity contribution in [3.63, 3.8) is 0 Å². The number of rotatable bonds is 3. The van der Waals surface area contributed by atoms with E-state index in [0.717, 1.165) is 0 Å². The van der Waals surface area contributed by atoms with E-state index in [9.17, 15) is 18.0 Å². The highest BCUT2D eigenvalue weighted by molar-refractivity contribution is 5.78. The molecule has 1 N–H and O–H groups in total. The van der Waals surface area contributed by atoms with Gasteiger partial charge in [0.2, 0.25) is 5.91 Å². The van der Waals surface area contributed by atoms with Crippen LogP contribution in [0.1, 0.15) is 12.8 Å². The number of carbonyl (C=O) groups is 1. The predicted molar refractivity (Wildman–Crippen MR) is 58.4 cm³/mol. The summed E-state index contributed by atoms with van der Waals surface area (Å²) in [4.78, 5) is 12.9. The summed E-state index contributed by atoms with van der Waals surface area (Å²) in [5.41, 5.74) is 0. The quantitative estimate of drug-likeness (QED) is 0.831. The standard InChI is InChI=1S/C11H16F3N3O/c1-16-10(18)8-2-4-17(5-3-8)7-9(6-15)11(12,13)14/h8-9H,2-5,7H2,1H3,(H,16,18). The molecule has 1 rings (SSSR count). The Morgan fingerprint density at radius 1 is 1.50 bits per heavy atom. The first-order valence-electron chi connectivity index (χ1n) is 5.78. The lowest BCUT2D eigenvalue weighted by atomic mass is 9.95. The van der Waals surface area contributed by atoms with Crippen LogP contribution in [0.25, 0.3) is 0 Å². The third-order valence-corrected chi connectivity index (χ3v) is 3.20. The number of hydrogen-bond acceptors (Lipinski definition) is 3. The third-order valence-electron chi connectivity index (χ3n) is 3.20. The van der Waals surface area contributed by atoms with Crippen molar-refractivity contribution >= 4 is 5.91 Å². The van der Waals surface area contributed by atoms with Crippen LogP contribution in [0.5, 0.6) is 0 Å². The highest BCUT2D eigenvalue weighted by atomic mass is 19.4. The van der Waals surface area contributed by atoms with Crippen LogP contribution in [-0.4, -0.2) is 43.7 Å². The fourth-order valence-corrected chi connectivity index (χ4v) is 2.06. The molecule has 0 aliphatic carbocycles. The summed E-state index contributed by atoms with van der Waals surface area (Å²) in [6, 6.07) is 1.29.